The lowest BCUT2D eigenvalue weighted by atomic mass is 9.79. The van der Waals surface area contributed by atoms with Crippen LogP contribution in [-0.4, -0.2) is 0 Å². The molecule has 0 aromatic rings. The van der Waals surface area contributed by atoms with Crippen molar-refractivity contribution in [1.82, 2.24) is 0 Å². The first-order chi connectivity index (χ1) is 7.09. The molecule has 15 heavy (non-hydrogen) atoms. The summed E-state index contributed by atoms with van der Waals surface area (Å²) in [5.74, 6) is 3.87. The predicted molar refractivity (Wildman–Crippen MR) is 69.0 cm³/mol. The maximum Gasteiger partial charge on any atom is -0.0391 e. The molecule has 0 saturated heterocycles. The summed E-state index contributed by atoms with van der Waals surface area (Å²) >= 11 is 0. The Morgan fingerprint density at radius 1 is 0.867 bits per heavy atom. The van der Waals surface area contributed by atoms with Gasteiger partial charge in [0.05, 0.1) is 0 Å². The maximum absolute atomic E-state index is 2.40. The van der Waals surface area contributed by atoms with Gasteiger partial charge < -0.3 is 0 Å². The van der Waals surface area contributed by atoms with Gasteiger partial charge in [0, 0.05) is 0 Å². The summed E-state index contributed by atoms with van der Waals surface area (Å²) in [6, 6.07) is 0. The molecule has 0 aliphatic heterocycles. The highest BCUT2D eigenvalue weighted by Crippen LogP contribution is 2.32. The van der Waals surface area contributed by atoms with Gasteiger partial charge in [-0.15, -0.1) is 0 Å². The van der Waals surface area contributed by atoms with Crippen molar-refractivity contribution >= 4 is 0 Å². The number of rotatable bonds is 3. The summed E-state index contributed by atoms with van der Waals surface area (Å²) in [4.78, 5) is 0. The average Bonchev–Trinajstić information content (AvgIpc) is 2.07. The van der Waals surface area contributed by atoms with Crippen LogP contribution < -0.4 is 0 Å². The van der Waals surface area contributed by atoms with E-state index in [1.807, 2.05) is 0 Å². The van der Waals surface area contributed by atoms with Crippen LogP contribution in [0.4, 0.5) is 0 Å². The van der Waals surface area contributed by atoms with Crippen LogP contribution in [0.5, 0.6) is 0 Å². The summed E-state index contributed by atoms with van der Waals surface area (Å²) in [5.41, 5.74) is 0. The minimum absolute atomic E-state index is 0.898. The molecule has 1 aliphatic carbocycles. The molecule has 1 fully saturated rings. The number of hydrogen-bond donors (Lipinski definition) is 0. The monoisotopic (exact) mass is 210 g/mol. The molecular formula is C15H30. The van der Waals surface area contributed by atoms with Gasteiger partial charge in [0.1, 0.15) is 0 Å². The molecule has 0 aromatic heterocycles. The SMILES string of the molecule is CC(C)CC1CCCC(C(C)C)CCC1. The summed E-state index contributed by atoms with van der Waals surface area (Å²) in [6.45, 7) is 9.54. The summed E-state index contributed by atoms with van der Waals surface area (Å²) in [7, 11) is 0. The third-order valence-electron chi connectivity index (χ3n) is 4.12. The Hall–Kier alpha value is 0. The normalized spacial score (nSPS) is 29.2. The molecule has 1 rings (SSSR count). The zero-order valence-electron chi connectivity index (χ0n) is 11.3. The Labute approximate surface area is 96.8 Å². The van der Waals surface area contributed by atoms with Gasteiger partial charge in [-0.2, -0.15) is 0 Å². The zero-order chi connectivity index (χ0) is 11.3. The molecular weight excluding hydrogens is 180 g/mol. The largest absolute Gasteiger partial charge is 0.0628 e. The topological polar surface area (TPSA) is 0 Å². The van der Waals surface area contributed by atoms with Crippen molar-refractivity contribution in [2.75, 3.05) is 0 Å². The first-order valence-corrected chi connectivity index (χ1v) is 7.09. The van der Waals surface area contributed by atoms with Gasteiger partial charge in [-0.3, -0.25) is 0 Å². The van der Waals surface area contributed by atoms with Crippen LogP contribution in [0.3, 0.4) is 0 Å². The van der Waals surface area contributed by atoms with Gasteiger partial charge in [0.15, 0.2) is 0 Å². The molecule has 0 aromatic carbocycles. The second-order valence-corrected chi connectivity index (χ2v) is 6.36. The molecule has 0 bridgehead atoms. The standard InChI is InChI=1S/C15H30/c1-12(2)11-14-7-5-9-15(13(3)4)10-6-8-14/h12-15H,5-11H2,1-4H3. The lowest BCUT2D eigenvalue weighted by Crippen LogP contribution is -2.14. The van der Waals surface area contributed by atoms with Crippen molar-refractivity contribution in [3.63, 3.8) is 0 Å². The Morgan fingerprint density at radius 2 is 1.40 bits per heavy atom. The van der Waals surface area contributed by atoms with E-state index in [1.165, 1.54) is 44.9 Å². The highest BCUT2D eigenvalue weighted by molar-refractivity contribution is 4.71. The molecule has 90 valence electrons. The Kier molecular flexibility index (Phi) is 5.71. The molecule has 0 heteroatoms. The zero-order valence-corrected chi connectivity index (χ0v) is 11.3. The predicted octanol–water partition coefficient (Wildman–Crippen LogP) is 5.28. The van der Waals surface area contributed by atoms with Crippen LogP contribution in [0.2, 0.25) is 0 Å². The Morgan fingerprint density at radius 3 is 1.80 bits per heavy atom. The fraction of sp³-hybridized carbons (Fsp3) is 1.00. The lowest BCUT2D eigenvalue weighted by Gasteiger charge is -2.27. The van der Waals surface area contributed by atoms with Crippen LogP contribution in [0.25, 0.3) is 0 Å². The lowest BCUT2D eigenvalue weighted by molar-refractivity contribution is 0.248. The van der Waals surface area contributed by atoms with Crippen molar-refractivity contribution in [1.29, 1.82) is 0 Å². The second kappa shape index (κ2) is 6.55. The maximum atomic E-state index is 2.40. The van der Waals surface area contributed by atoms with Crippen molar-refractivity contribution in [2.24, 2.45) is 23.7 Å². The summed E-state index contributed by atoms with van der Waals surface area (Å²) in [6.07, 6.45) is 10.4. The first-order valence-electron chi connectivity index (χ1n) is 7.09. The molecule has 0 heterocycles. The molecule has 0 unspecified atom stereocenters. The van der Waals surface area contributed by atoms with E-state index in [0.29, 0.717) is 0 Å². The summed E-state index contributed by atoms with van der Waals surface area (Å²) < 4.78 is 0. The molecule has 0 nitrogen and oxygen atoms in total. The van der Waals surface area contributed by atoms with Gasteiger partial charge in [-0.25, -0.2) is 0 Å². The van der Waals surface area contributed by atoms with Gasteiger partial charge in [-0.05, 0) is 30.1 Å². The summed E-state index contributed by atoms with van der Waals surface area (Å²) in [5, 5.41) is 0. The molecule has 1 aliphatic rings. The minimum atomic E-state index is 0.898. The van der Waals surface area contributed by atoms with E-state index in [-0.39, 0.29) is 0 Å². The Bertz CT molecular complexity index is 147. The van der Waals surface area contributed by atoms with Crippen LogP contribution in [0, 0.1) is 23.7 Å². The van der Waals surface area contributed by atoms with Gasteiger partial charge in [0.2, 0.25) is 0 Å². The highest BCUT2D eigenvalue weighted by Gasteiger charge is 2.19. The fourth-order valence-corrected chi connectivity index (χ4v) is 3.20. The van der Waals surface area contributed by atoms with Crippen molar-refractivity contribution in [3.05, 3.63) is 0 Å². The van der Waals surface area contributed by atoms with Crippen molar-refractivity contribution in [2.45, 2.75) is 72.6 Å². The highest BCUT2D eigenvalue weighted by atomic mass is 14.2. The molecule has 0 amide bonds. The minimum Gasteiger partial charge on any atom is -0.0628 e. The molecule has 0 N–H and O–H groups in total. The number of hydrogen-bond acceptors (Lipinski definition) is 0. The van der Waals surface area contributed by atoms with Crippen molar-refractivity contribution < 1.29 is 0 Å². The van der Waals surface area contributed by atoms with E-state index in [0.717, 1.165) is 23.7 Å². The van der Waals surface area contributed by atoms with E-state index < -0.39 is 0 Å². The van der Waals surface area contributed by atoms with Crippen LogP contribution in [-0.2, 0) is 0 Å². The quantitative estimate of drug-likeness (QED) is 0.595. The molecule has 0 spiro atoms. The first kappa shape index (κ1) is 13.1. The average molecular weight is 210 g/mol. The van der Waals surface area contributed by atoms with Gasteiger partial charge in [-0.1, -0.05) is 66.2 Å². The van der Waals surface area contributed by atoms with Crippen molar-refractivity contribution in [3.8, 4) is 0 Å². The van der Waals surface area contributed by atoms with E-state index in [4.69, 9.17) is 0 Å². The van der Waals surface area contributed by atoms with Crippen LogP contribution in [0.15, 0.2) is 0 Å². The molecule has 1 saturated carbocycles. The Balaban J connectivity index is 2.30. The third-order valence-corrected chi connectivity index (χ3v) is 4.12. The van der Waals surface area contributed by atoms with Gasteiger partial charge >= 0.3 is 0 Å². The third kappa shape index (κ3) is 5.04. The second-order valence-electron chi connectivity index (χ2n) is 6.36. The van der Waals surface area contributed by atoms with E-state index in [2.05, 4.69) is 27.7 Å². The van der Waals surface area contributed by atoms with Gasteiger partial charge in [0.25, 0.3) is 0 Å². The van der Waals surface area contributed by atoms with Crippen LogP contribution in [0.1, 0.15) is 72.6 Å². The molecule has 0 radical (unpaired) electrons. The fourth-order valence-electron chi connectivity index (χ4n) is 3.20. The van der Waals surface area contributed by atoms with E-state index in [9.17, 15) is 0 Å². The van der Waals surface area contributed by atoms with Crippen LogP contribution >= 0.6 is 0 Å². The smallest absolute Gasteiger partial charge is 0.0391 e. The van der Waals surface area contributed by atoms with E-state index >= 15 is 0 Å². The van der Waals surface area contributed by atoms with E-state index in [1.54, 1.807) is 0 Å². The molecule has 0 atom stereocenters.